The summed E-state index contributed by atoms with van der Waals surface area (Å²) in [6.45, 7) is 1.92. The third-order valence-electron chi connectivity index (χ3n) is 3.02. The van der Waals surface area contributed by atoms with Gasteiger partial charge >= 0.3 is 6.03 Å². The van der Waals surface area contributed by atoms with Crippen LogP contribution in [0, 0.1) is 17.6 Å². The lowest BCUT2D eigenvalue weighted by atomic mass is 10.1. The van der Waals surface area contributed by atoms with Crippen LogP contribution in [0.15, 0.2) is 18.2 Å². The van der Waals surface area contributed by atoms with Gasteiger partial charge in [-0.2, -0.15) is 0 Å². The highest BCUT2D eigenvalue weighted by atomic mass is 19.1. The molecule has 104 valence electrons. The zero-order valence-corrected chi connectivity index (χ0v) is 10.7. The van der Waals surface area contributed by atoms with Crippen molar-refractivity contribution in [3.63, 3.8) is 0 Å². The fourth-order valence-corrected chi connectivity index (χ4v) is 2.04. The first kappa shape index (κ1) is 13.7. The summed E-state index contributed by atoms with van der Waals surface area (Å²) >= 11 is 0. The van der Waals surface area contributed by atoms with Crippen LogP contribution in [0.3, 0.4) is 0 Å². The van der Waals surface area contributed by atoms with E-state index in [0.717, 1.165) is 31.2 Å². The molecule has 0 bridgehead atoms. The lowest BCUT2D eigenvalue weighted by Crippen LogP contribution is -2.35. The van der Waals surface area contributed by atoms with E-state index in [4.69, 9.17) is 4.74 Å². The van der Waals surface area contributed by atoms with Crippen molar-refractivity contribution >= 4 is 11.7 Å². The molecule has 1 aromatic rings. The van der Waals surface area contributed by atoms with Crippen LogP contribution in [0.25, 0.3) is 0 Å². The fourth-order valence-electron chi connectivity index (χ4n) is 2.04. The Balaban J connectivity index is 1.91. The molecule has 6 heteroatoms. The number of hydrogen-bond acceptors (Lipinski definition) is 2. The predicted octanol–water partition coefficient (Wildman–Crippen LogP) is 2.47. The van der Waals surface area contributed by atoms with Crippen molar-refractivity contribution in [1.29, 1.82) is 0 Å². The molecule has 1 heterocycles. The van der Waals surface area contributed by atoms with Crippen LogP contribution >= 0.6 is 0 Å². The molecule has 1 saturated heterocycles. The van der Waals surface area contributed by atoms with E-state index in [-0.39, 0.29) is 5.69 Å². The molecule has 1 atom stereocenters. The summed E-state index contributed by atoms with van der Waals surface area (Å²) < 4.78 is 31.2. The van der Waals surface area contributed by atoms with Crippen molar-refractivity contribution in [3.05, 3.63) is 29.8 Å². The number of halogens is 2. The maximum atomic E-state index is 13.0. The van der Waals surface area contributed by atoms with Gasteiger partial charge in [-0.3, -0.25) is 0 Å². The first-order valence-electron chi connectivity index (χ1n) is 6.10. The van der Waals surface area contributed by atoms with Crippen LogP contribution in [0.5, 0.6) is 0 Å². The molecule has 1 fully saturated rings. The first-order valence-corrected chi connectivity index (χ1v) is 6.10. The van der Waals surface area contributed by atoms with Crippen LogP contribution in [0.4, 0.5) is 19.3 Å². The summed E-state index contributed by atoms with van der Waals surface area (Å²) in [6, 6.07) is 2.52. The highest BCUT2D eigenvalue weighted by molar-refractivity contribution is 5.89. The number of rotatable bonds is 3. The highest BCUT2D eigenvalue weighted by Gasteiger charge is 2.20. The SMILES string of the molecule is CN(C[C@H]1CCOC1)C(=O)Nc1cc(F)cc(F)c1. The molecular formula is C13H16F2N2O2. The van der Waals surface area contributed by atoms with E-state index >= 15 is 0 Å². The maximum absolute atomic E-state index is 13.0. The van der Waals surface area contributed by atoms with Crippen LogP contribution in [-0.2, 0) is 4.74 Å². The van der Waals surface area contributed by atoms with Gasteiger partial charge in [-0.1, -0.05) is 0 Å². The fraction of sp³-hybridized carbons (Fsp3) is 0.462. The van der Waals surface area contributed by atoms with Crippen LogP contribution in [0.1, 0.15) is 6.42 Å². The Kier molecular flexibility index (Phi) is 4.31. The Labute approximate surface area is 110 Å². The summed E-state index contributed by atoms with van der Waals surface area (Å²) in [7, 11) is 1.64. The molecule has 0 aromatic heterocycles. The zero-order valence-electron chi connectivity index (χ0n) is 10.7. The van der Waals surface area contributed by atoms with Gasteiger partial charge in [-0.05, 0) is 18.6 Å². The average Bonchev–Trinajstić information content (AvgIpc) is 2.80. The van der Waals surface area contributed by atoms with Gasteiger partial charge in [0.2, 0.25) is 0 Å². The number of nitrogens with one attached hydrogen (secondary N) is 1. The van der Waals surface area contributed by atoms with Crippen molar-refractivity contribution in [2.24, 2.45) is 5.92 Å². The van der Waals surface area contributed by atoms with Crippen molar-refractivity contribution < 1.29 is 18.3 Å². The number of urea groups is 1. The number of amides is 2. The van der Waals surface area contributed by atoms with Gasteiger partial charge < -0.3 is 15.0 Å². The smallest absolute Gasteiger partial charge is 0.321 e. The minimum absolute atomic E-state index is 0.108. The number of carbonyl (C=O) groups excluding carboxylic acids is 1. The van der Waals surface area contributed by atoms with Crippen molar-refractivity contribution in [3.8, 4) is 0 Å². The molecule has 0 spiro atoms. The zero-order chi connectivity index (χ0) is 13.8. The second-order valence-corrected chi connectivity index (χ2v) is 4.70. The number of anilines is 1. The number of nitrogens with zero attached hydrogens (tertiary/aromatic N) is 1. The van der Waals surface area contributed by atoms with Gasteiger partial charge in [-0.25, -0.2) is 13.6 Å². The Morgan fingerprint density at radius 2 is 2.11 bits per heavy atom. The lowest BCUT2D eigenvalue weighted by Gasteiger charge is -2.20. The molecule has 0 unspecified atom stereocenters. The van der Waals surface area contributed by atoms with E-state index in [9.17, 15) is 13.6 Å². The second-order valence-electron chi connectivity index (χ2n) is 4.70. The Hall–Kier alpha value is -1.69. The van der Waals surface area contributed by atoms with Gasteiger partial charge in [-0.15, -0.1) is 0 Å². The maximum Gasteiger partial charge on any atom is 0.321 e. The first-order chi connectivity index (χ1) is 9.04. The molecule has 2 amide bonds. The molecule has 2 rings (SSSR count). The van der Waals surface area contributed by atoms with E-state index in [1.807, 2.05) is 0 Å². The van der Waals surface area contributed by atoms with Gasteiger partial charge in [0.05, 0.1) is 6.61 Å². The van der Waals surface area contributed by atoms with E-state index in [1.54, 1.807) is 7.05 Å². The number of benzene rings is 1. The van der Waals surface area contributed by atoms with Gasteiger partial charge in [0, 0.05) is 37.9 Å². The molecule has 4 nitrogen and oxygen atoms in total. The summed E-state index contributed by atoms with van der Waals surface area (Å²) in [5, 5.41) is 2.46. The van der Waals surface area contributed by atoms with E-state index in [1.165, 1.54) is 4.90 Å². The van der Waals surface area contributed by atoms with Crippen LogP contribution in [0.2, 0.25) is 0 Å². The summed E-state index contributed by atoms with van der Waals surface area (Å²) in [6.07, 6.45) is 0.923. The largest absolute Gasteiger partial charge is 0.381 e. The number of ether oxygens (including phenoxy) is 1. The molecule has 0 radical (unpaired) electrons. The monoisotopic (exact) mass is 270 g/mol. The summed E-state index contributed by atoms with van der Waals surface area (Å²) in [4.78, 5) is 13.3. The van der Waals surface area contributed by atoms with Crippen molar-refractivity contribution in [1.82, 2.24) is 4.90 Å². The van der Waals surface area contributed by atoms with E-state index < -0.39 is 17.7 Å². The number of carbonyl (C=O) groups is 1. The minimum atomic E-state index is -0.720. The highest BCUT2D eigenvalue weighted by Crippen LogP contribution is 2.16. The lowest BCUT2D eigenvalue weighted by molar-refractivity contribution is 0.175. The Morgan fingerprint density at radius 1 is 1.42 bits per heavy atom. The molecule has 0 aliphatic carbocycles. The molecule has 1 N–H and O–H groups in total. The quantitative estimate of drug-likeness (QED) is 0.916. The standard InChI is InChI=1S/C13H16F2N2O2/c1-17(7-9-2-3-19-8-9)13(18)16-12-5-10(14)4-11(15)6-12/h4-6,9H,2-3,7-8H2,1H3,(H,16,18)/t9-/m1/s1. The third kappa shape index (κ3) is 3.89. The Morgan fingerprint density at radius 3 is 2.68 bits per heavy atom. The average molecular weight is 270 g/mol. The summed E-state index contributed by atoms with van der Waals surface area (Å²) in [5.41, 5.74) is 0.108. The van der Waals surface area contributed by atoms with Gasteiger partial charge in [0.1, 0.15) is 11.6 Å². The molecule has 1 aliphatic heterocycles. The van der Waals surface area contributed by atoms with Gasteiger partial charge in [0.15, 0.2) is 0 Å². The predicted molar refractivity (Wildman–Crippen MR) is 66.9 cm³/mol. The molecule has 1 aromatic carbocycles. The topological polar surface area (TPSA) is 41.6 Å². The summed E-state index contributed by atoms with van der Waals surface area (Å²) in [5.74, 6) is -1.12. The van der Waals surface area contributed by atoms with Crippen molar-refractivity contribution in [2.45, 2.75) is 6.42 Å². The third-order valence-corrected chi connectivity index (χ3v) is 3.02. The Bertz CT molecular complexity index is 442. The van der Waals surface area contributed by atoms with Gasteiger partial charge in [0.25, 0.3) is 0 Å². The minimum Gasteiger partial charge on any atom is -0.381 e. The molecule has 1 aliphatic rings. The second kappa shape index (κ2) is 5.97. The number of hydrogen-bond donors (Lipinski definition) is 1. The molecule has 0 saturated carbocycles. The molecule has 19 heavy (non-hydrogen) atoms. The normalized spacial score (nSPS) is 18.4. The van der Waals surface area contributed by atoms with E-state index in [2.05, 4.69) is 5.32 Å². The van der Waals surface area contributed by atoms with Crippen molar-refractivity contribution in [2.75, 3.05) is 32.1 Å². The van der Waals surface area contributed by atoms with E-state index in [0.29, 0.717) is 19.1 Å². The van der Waals surface area contributed by atoms with Crippen LogP contribution < -0.4 is 5.32 Å². The van der Waals surface area contributed by atoms with Crippen LogP contribution in [-0.4, -0.2) is 37.7 Å². The molecular weight excluding hydrogens is 254 g/mol.